The average molecular weight is 431 g/mol. The van der Waals surface area contributed by atoms with Gasteiger partial charge in [0, 0.05) is 6.54 Å². The van der Waals surface area contributed by atoms with Gasteiger partial charge in [0.1, 0.15) is 5.75 Å². The van der Waals surface area contributed by atoms with Crippen LogP contribution in [-0.4, -0.2) is 39.8 Å². The molecule has 0 bridgehead atoms. The van der Waals surface area contributed by atoms with Gasteiger partial charge in [0.2, 0.25) is 10.0 Å². The van der Waals surface area contributed by atoms with Crippen LogP contribution in [0.1, 0.15) is 44.7 Å². The van der Waals surface area contributed by atoms with Crippen molar-refractivity contribution in [2.24, 2.45) is 0 Å². The third-order valence-corrected chi connectivity index (χ3v) is 6.48. The van der Waals surface area contributed by atoms with Gasteiger partial charge >= 0.3 is 0 Å². The van der Waals surface area contributed by atoms with Gasteiger partial charge in [-0.2, -0.15) is 0 Å². The van der Waals surface area contributed by atoms with E-state index in [4.69, 9.17) is 4.74 Å². The molecule has 1 aliphatic heterocycles. The van der Waals surface area contributed by atoms with Crippen LogP contribution in [0, 0.1) is 0 Å². The van der Waals surface area contributed by atoms with E-state index in [1.54, 1.807) is 6.07 Å². The Kier molecular flexibility index (Phi) is 6.13. The van der Waals surface area contributed by atoms with E-state index in [0.29, 0.717) is 18.0 Å². The zero-order valence-corrected chi connectivity index (χ0v) is 19.0. The molecule has 0 fully saturated rings. The standard InChI is InChI=1S/C23H30N2O4S/c1-16(17-9-7-6-8-10-17)14-24-22(26)21-15-25(30(5,27)28)19-13-18(23(2,3)4)11-12-20(19)29-21/h6-13,16,21H,14-15H2,1-5H3,(H,24,26)/t16-,21-/m1/s1. The number of rotatable bonds is 5. The van der Waals surface area contributed by atoms with E-state index in [0.717, 1.165) is 17.4 Å². The lowest BCUT2D eigenvalue weighted by Crippen LogP contribution is -2.51. The summed E-state index contributed by atoms with van der Waals surface area (Å²) in [6, 6.07) is 15.4. The monoisotopic (exact) mass is 430 g/mol. The van der Waals surface area contributed by atoms with Gasteiger partial charge in [0.15, 0.2) is 6.10 Å². The van der Waals surface area contributed by atoms with Crippen LogP contribution >= 0.6 is 0 Å². The normalized spacial score (nSPS) is 17.6. The first kappa shape index (κ1) is 22.2. The second kappa shape index (κ2) is 8.30. The van der Waals surface area contributed by atoms with Crippen molar-refractivity contribution in [1.82, 2.24) is 5.32 Å². The first-order valence-electron chi connectivity index (χ1n) is 10.1. The van der Waals surface area contributed by atoms with Gasteiger partial charge in [0.25, 0.3) is 5.91 Å². The second-order valence-corrected chi connectivity index (χ2v) is 10.8. The number of amides is 1. The zero-order valence-electron chi connectivity index (χ0n) is 18.2. The molecule has 30 heavy (non-hydrogen) atoms. The molecule has 0 radical (unpaired) electrons. The topological polar surface area (TPSA) is 75.7 Å². The van der Waals surface area contributed by atoms with Crippen LogP contribution in [0.4, 0.5) is 5.69 Å². The van der Waals surface area contributed by atoms with Crippen LogP contribution in [0.5, 0.6) is 5.75 Å². The van der Waals surface area contributed by atoms with Crippen molar-refractivity contribution >= 4 is 21.6 Å². The Morgan fingerprint density at radius 1 is 1.20 bits per heavy atom. The van der Waals surface area contributed by atoms with Gasteiger partial charge in [-0.25, -0.2) is 8.42 Å². The van der Waals surface area contributed by atoms with Gasteiger partial charge in [-0.05, 0) is 34.6 Å². The molecule has 3 rings (SSSR count). The third-order valence-electron chi connectivity index (χ3n) is 5.34. The molecule has 2 aromatic rings. The SMILES string of the molecule is C[C@H](CNC(=O)[C@H]1CN(S(C)(=O)=O)c2cc(C(C)(C)C)ccc2O1)c1ccccc1. The van der Waals surface area contributed by atoms with Gasteiger partial charge in [-0.15, -0.1) is 0 Å². The number of fused-ring (bicyclic) bond motifs is 1. The summed E-state index contributed by atoms with van der Waals surface area (Å²) in [6.07, 6.45) is 0.244. The molecule has 1 heterocycles. The Morgan fingerprint density at radius 2 is 1.87 bits per heavy atom. The highest BCUT2D eigenvalue weighted by Gasteiger charge is 2.35. The molecule has 6 nitrogen and oxygen atoms in total. The Labute approximate surface area is 179 Å². The molecule has 7 heteroatoms. The van der Waals surface area contributed by atoms with Crippen molar-refractivity contribution in [2.45, 2.75) is 45.1 Å². The molecule has 1 N–H and O–H groups in total. The number of nitrogens with zero attached hydrogens (tertiary/aromatic N) is 1. The first-order valence-corrected chi connectivity index (χ1v) is 11.9. The Morgan fingerprint density at radius 3 is 2.47 bits per heavy atom. The van der Waals surface area contributed by atoms with Crippen LogP contribution in [0.15, 0.2) is 48.5 Å². The van der Waals surface area contributed by atoms with E-state index in [2.05, 4.69) is 26.1 Å². The molecule has 162 valence electrons. The van der Waals surface area contributed by atoms with Gasteiger partial charge in [-0.1, -0.05) is 64.1 Å². The average Bonchev–Trinajstić information content (AvgIpc) is 2.69. The van der Waals surface area contributed by atoms with Crippen LogP contribution in [0.2, 0.25) is 0 Å². The van der Waals surface area contributed by atoms with Crippen molar-refractivity contribution in [3.63, 3.8) is 0 Å². The van der Waals surface area contributed by atoms with Crippen LogP contribution in [-0.2, 0) is 20.2 Å². The lowest BCUT2D eigenvalue weighted by Gasteiger charge is -2.35. The Hall–Kier alpha value is -2.54. The van der Waals surface area contributed by atoms with Gasteiger partial charge in [-0.3, -0.25) is 9.10 Å². The maximum atomic E-state index is 12.8. The van der Waals surface area contributed by atoms with E-state index in [1.165, 1.54) is 4.31 Å². The van der Waals surface area contributed by atoms with Crippen LogP contribution in [0.25, 0.3) is 0 Å². The number of carbonyl (C=O) groups is 1. The molecule has 0 saturated carbocycles. The molecule has 1 aliphatic rings. The largest absolute Gasteiger partial charge is 0.476 e. The number of hydrogen-bond donors (Lipinski definition) is 1. The predicted octanol–water partition coefficient (Wildman–Crippen LogP) is 3.43. The van der Waals surface area contributed by atoms with E-state index < -0.39 is 16.1 Å². The number of benzene rings is 2. The summed E-state index contributed by atoms with van der Waals surface area (Å²) in [7, 11) is -3.57. The minimum absolute atomic E-state index is 0.0506. The number of carbonyl (C=O) groups excluding carboxylic acids is 1. The highest BCUT2D eigenvalue weighted by molar-refractivity contribution is 7.92. The Balaban J connectivity index is 1.79. The summed E-state index contributed by atoms with van der Waals surface area (Å²) < 4.78 is 32.1. The molecule has 1 amide bonds. The van der Waals surface area contributed by atoms with Crippen LogP contribution < -0.4 is 14.4 Å². The quantitative estimate of drug-likeness (QED) is 0.789. The maximum absolute atomic E-state index is 12.8. The number of hydrogen-bond acceptors (Lipinski definition) is 4. The highest BCUT2D eigenvalue weighted by atomic mass is 32.2. The third kappa shape index (κ3) is 4.95. The molecule has 0 aromatic heterocycles. The summed E-state index contributed by atoms with van der Waals surface area (Å²) in [4.78, 5) is 12.8. The smallest absolute Gasteiger partial charge is 0.263 e. The lowest BCUT2D eigenvalue weighted by atomic mass is 9.86. The minimum Gasteiger partial charge on any atom is -0.476 e. The highest BCUT2D eigenvalue weighted by Crippen LogP contribution is 2.38. The summed E-state index contributed by atoms with van der Waals surface area (Å²) in [5.41, 5.74) is 2.46. The van der Waals surface area contributed by atoms with E-state index in [-0.39, 0.29) is 23.8 Å². The predicted molar refractivity (Wildman–Crippen MR) is 120 cm³/mol. The number of sulfonamides is 1. The zero-order chi connectivity index (χ0) is 22.1. The second-order valence-electron chi connectivity index (χ2n) is 8.89. The van der Waals surface area contributed by atoms with E-state index in [1.807, 2.05) is 49.4 Å². The number of anilines is 1. The fraction of sp³-hybridized carbons (Fsp3) is 0.435. The molecule has 2 aromatic carbocycles. The van der Waals surface area contributed by atoms with Crippen LogP contribution in [0.3, 0.4) is 0 Å². The first-order chi connectivity index (χ1) is 14.0. The lowest BCUT2D eigenvalue weighted by molar-refractivity contribution is -0.127. The van der Waals surface area contributed by atoms with Gasteiger partial charge in [0.05, 0.1) is 18.5 Å². The fourth-order valence-corrected chi connectivity index (χ4v) is 4.34. The van der Waals surface area contributed by atoms with E-state index >= 15 is 0 Å². The number of ether oxygens (including phenoxy) is 1. The molecule has 0 unspecified atom stereocenters. The summed E-state index contributed by atoms with van der Waals surface area (Å²) in [6.45, 7) is 8.61. The maximum Gasteiger partial charge on any atom is 0.263 e. The van der Waals surface area contributed by atoms with Crippen molar-refractivity contribution in [3.05, 3.63) is 59.7 Å². The van der Waals surface area contributed by atoms with Gasteiger partial charge < -0.3 is 10.1 Å². The summed E-state index contributed by atoms with van der Waals surface area (Å²) in [5, 5.41) is 2.90. The molecular formula is C23H30N2O4S. The molecule has 0 saturated heterocycles. The molecular weight excluding hydrogens is 400 g/mol. The summed E-state index contributed by atoms with van der Waals surface area (Å²) in [5.74, 6) is 0.208. The van der Waals surface area contributed by atoms with E-state index in [9.17, 15) is 13.2 Å². The molecule has 2 atom stereocenters. The van der Waals surface area contributed by atoms with Crippen molar-refractivity contribution in [2.75, 3.05) is 23.7 Å². The minimum atomic E-state index is -3.57. The molecule has 0 spiro atoms. The van der Waals surface area contributed by atoms with Crippen molar-refractivity contribution < 1.29 is 17.9 Å². The summed E-state index contributed by atoms with van der Waals surface area (Å²) >= 11 is 0. The fourth-order valence-electron chi connectivity index (χ4n) is 3.44. The van der Waals surface area contributed by atoms with Crippen molar-refractivity contribution in [3.8, 4) is 5.75 Å². The van der Waals surface area contributed by atoms with Crippen molar-refractivity contribution in [1.29, 1.82) is 0 Å². The number of nitrogens with one attached hydrogen (secondary N) is 1. The molecule has 0 aliphatic carbocycles. The Bertz CT molecular complexity index is 1010.